The third kappa shape index (κ3) is 4.96. The predicted octanol–water partition coefficient (Wildman–Crippen LogP) is 2.15. The zero-order chi connectivity index (χ0) is 19.9. The standard InChI is InChI=1S/C18H22N4O5S/c1-3-16(24)22(8-9-25-2)7-6-15(23)19-18-21-20-17(28-18)12-4-5-13-14(10-12)27-11-26-13/h4-5,10H,3,6-9,11H2,1-2H3,(H,19,21,23). The van der Waals surface area contributed by atoms with Crippen LogP contribution >= 0.6 is 11.3 Å². The molecular formula is C18H22N4O5S. The molecule has 0 bridgehead atoms. The van der Waals surface area contributed by atoms with Gasteiger partial charge in [-0.15, -0.1) is 10.2 Å². The topological polar surface area (TPSA) is 103 Å². The molecule has 0 atom stereocenters. The first-order chi connectivity index (χ1) is 13.6. The second-order valence-corrected chi connectivity index (χ2v) is 6.98. The Hall–Kier alpha value is -2.72. The average Bonchev–Trinajstić information content (AvgIpc) is 3.36. The van der Waals surface area contributed by atoms with Crippen molar-refractivity contribution in [3.8, 4) is 22.1 Å². The number of methoxy groups -OCH3 is 1. The molecule has 0 unspecified atom stereocenters. The summed E-state index contributed by atoms with van der Waals surface area (Å²) in [6.07, 6.45) is 0.565. The lowest BCUT2D eigenvalue weighted by Gasteiger charge is -2.21. The summed E-state index contributed by atoms with van der Waals surface area (Å²) in [6.45, 7) is 3.22. The number of rotatable bonds is 9. The van der Waals surface area contributed by atoms with E-state index in [-0.39, 0.29) is 25.0 Å². The Bertz CT molecular complexity index is 841. The van der Waals surface area contributed by atoms with Crippen LogP contribution in [0.5, 0.6) is 11.5 Å². The number of aromatic nitrogens is 2. The van der Waals surface area contributed by atoms with Crippen LogP contribution in [0.15, 0.2) is 18.2 Å². The van der Waals surface area contributed by atoms with Gasteiger partial charge in [-0.3, -0.25) is 9.59 Å². The lowest BCUT2D eigenvalue weighted by molar-refractivity contribution is -0.131. The van der Waals surface area contributed by atoms with Gasteiger partial charge >= 0.3 is 0 Å². The van der Waals surface area contributed by atoms with Crippen molar-refractivity contribution in [1.82, 2.24) is 15.1 Å². The van der Waals surface area contributed by atoms with Crippen LogP contribution in [0, 0.1) is 0 Å². The smallest absolute Gasteiger partial charge is 0.231 e. The monoisotopic (exact) mass is 406 g/mol. The number of nitrogens with zero attached hydrogens (tertiary/aromatic N) is 3. The van der Waals surface area contributed by atoms with Crippen LogP contribution in [0.3, 0.4) is 0 Å². The number of nitrogens with one attached hydrogen (secondary N) is 1. The van der Waals surface area contributed by atoms with E-state index in [4.69, 9.17) is 14.2 Å². The van der Waals surface area contributed by atoms with Gasteiger partial charge in [0.1, 0.15) is 5.01 Å². The van der Waals surface area contributed by atoms with E-state index in [0.717, 1.165) is 5.56 Å². The van der Waals surface area contributed by atoms with Gasteiger partial charge in [0.15, 0.2) is 11.5 Å². The summed E-state index contributed by atoms with van der Waals surface area (Å²) in [4.78, 5) is 25.8. The highest BCUT2D eigenvalue weighted by Crippen LogP contribution is 2.37. The molecule has 2 amide bonds. The summed E-state index contributed by atoms with van der Waals surface area (Å²) >= 11 is 1.27. The van der Waals surface area contributed by atoms with Crippen LogP contribution in [0.25, 0.3) is 10.6 Å². The van der Waals surface area contributed by atoms with Gasteiger partial charge in [0.2, 0.25) is 23.7 Å². The van der Waals surface area contributed by atoms with Crippen LogP contribution in [-0.4, -0.2) is 60.5 Å². The molecule has 28 heavy (non-hydrogen) atoms. The van der Waals surface area contributed by atoms with E-state index in [1.807, 2.05) is 18.2 Å². The fourth-order valence-corrected chi connectivity index (χ4v) is 3.38. The van der Waals surface area contributed by atoms with Gasteiger partial charge in [0, 0.05) is 38.6 Å². The zero-order valence-electron chi connectivity index (χ0n) is 15.8. The van der Waals surface area contributed by atoms with Crippen molar-refractivity contribution in [3.05, 3.63) is 18.2 Å². The minimum atomic E-state index is -0.222. The Morgan fingerprint density at radius 3 is 2.86 bits per heavy atom. The fourth-order valence-electron chi connectivity index (χ4n) is 2.62. The number of carbonyl (C=O) groups excluding carboxylic acids is 2. The zero-order valence-corrected chi connectivity index (χ0v) is 16.6. The van der Waals surface area contributed by atoms with E-state index in [1.165, 1.54) is 11.3 Å². The van der Waals surface area contributed by atoms with Gasteiger partial charge in [0.25, 0.3) is 0 Å². The molecule has 1 aromatic carbocycles. The molecule has 150 valence electrons. The van der Waals surface area contributed by atoms with Crippen molar-refractivity contribution in [2.45, 2.75) is 19.8 Å². The minimum absolute atomic E-state index is 0.00846. The summed E-state index contributed by atoms with van der Waals surface area (Å²) in [7, 11) is 1.58. The molecule has 3 rings (SSSR count). The number of ether oxygens (including phenoxy) is 3. The van der Waals surface area contributed by atoms with Crippen molar-refractivity contribution in [3.63, 3.8) is 0 Å². The van der Waals surface area contributed by atoms with Crippen molar-refractivity contribution in [2.75, 3.05) is 38.9 Å². The molecule has 0 radical (unpaired) electrons. The SMILES string of the molecule is CCC(=O)N(CCOC)CCC(=O)Nc1nnc(-c2ccc3c(c2)OCO3)s1. The highest BCUT2D eigenvalue weighted by Gasteiger charge is 2.17. The van der Waals surface area contributed by atoms with E-state index in [1.54, 1.807) is 18.9 Å². The largest absolute Gasteiger partial charge is 0.454 e. The first kappa shape index (κ1) is 20.0. The Morgan fingerprint density at radius 2 is 2.07 bits per heavy atom. The van der Waals surface area contributed by atoms with E-state index >= 15 is 0 Å². The van der Waals surface area contributed by atoms with E-state index in [9.17, 15) is 9.59 Å². The molecule has 0 saturated carbocycles. The molecule has 0 aliphatic carbocycles. The second-order valence-electron chi connectivity index (χ2n) is 6.01. The molecular weight excluding hydrogens is 384 g/mol. The summed E-state index contributed by atoms with van der Waals surface area (Å²) in [5, 5.41) is 11.9. The maximum Gasteiger partial charge on any atom is 0.231 e. The van der Waals surface area contributed by atoms with E-state index in [0.29, 0.717) is 47.8 Å². The molecule has 1 aromatic heterocycles. The molecule has 1 aliphatic rings. The molecule has 2 heterocycles. The van der Waals surface area contributed by atoms with Gasteiger partial charge in [-0.1, -0.05) is 18.3 Å². The second kappa shape index (κ2) is 9.47. The van der Waals surface area contributed by atoms with Gasteiger partial charge in [-0.05, 0) is 18.2 Å². The molecule has 0 spiro atoms. The number of hydrogen-bond donors (Lipinski definition) is 1. The number of amides is 2. The van der Waals surface area contributed by atoms with E-state index in [2.05, 4.69) is 15.5 Å². The number of fused-ring (bicyclic) bond motifs is 1. The Kier molecular flexibility index (Phi) is 6.77. The van der Waals surface area contributed by atoms with Crippen molar-refractivity contribution in [2.24, 2.45) is 0 Å². The van der Waals surface area contributed by atoms with Crippen LogP contribution < -0.4 is 14.8 Å². The number of anilines is 1. The molecule has 10 heteroatoms. The lowest BCUT2D eigenvalue weighted by Crippen LogP contribution is -2.35. The maximum atomic E-state index is 12.2. The van der Waals surface area contributed by atoms with Crippen LogP contribution in [0.4, 0.5) is 5.13 Å². The molecule has 9 nitrogen and oxygen atoms in total. The Balaban J connectivity index is 1.55. The normalized spacial score (nSPS) is 12.1. The summed E-state index contributed by atoms with van der Waals surface area (Å²) < 4.78 is 15.7. The quantitative estimate of drug-likeness (QED) is 0.680. The number of hydrogen-bond acceptors (Lipinski definition) is 8. The van der Waals surface area contributed by atoms with Crippen molar-refractivity contribution >= 4 is 28.3 Å². The van der Waals surface area contributed by atoms with Gasteiger partial charge in [-0.2, -0.15) is 0 Å². The van der Waals surface area contributed by atoms with Crippen LogP contribution in [0.2, 0.25) is 0 Å². The summed E-state index contributed by atoms with van der Waals surface area (Å²) in [6, 6.07) is 5.51. The Labute approximate surface area is 166 Å². The van der Waals surface area contributed by atoms with Gasteiger partial charge in [-0.25, -0.2) is 0 Å². The Morgan fingerprint density at radius 1 is 1.25 bits per heavy atom. The first-order valence-electron chi connectivity index (χ1n) is 8.90. The van der Waals surface area contributed by atoms with Crippen LogP contribution in [0.1, 0.15) is 19.8 Å². The summed E-state index contributed by atoms with van der Waals surface area (Å²) in [5.74, 6) is 1.13. The molecule has 0 fully saturated rings. The predicted molar refractivity (Wildman–Crippen MR) is 103 cm³/mol. The van der Waals surface area contributed by atoms with Gasteiger partial charge in [0.05, 0.1) is 6.61 Å². The third-order valence-corrected chi connectivity index (χ3v) is 5.01. The minimum Gasteiger partial charge on any atom is -0.454 e. The highest BCUT2D eigenvalue weighted by molar-refractivity contribution is 7.18. The number of benzene rings is 1. The maximum absolute atomic E-state index is 12.2. The van der Waals surface area contributed by atoms with Crippen LogP contribution in [-0.2, 0) is 14.3 Å². The highest BCUT2D eigenvalue weighted by atomic mass is 32.1. The average molecular weight is 406 g/mol. The van der Waals surface area contributed by atoms with Crippen molar-refractivity contribution in [1.29, 1.82) is 0 Å². The van der Waals surface area contributed by atoms with Gasteiger partial charge < -0.3 is 24.4 Å². The number of carbonyl (C=O) groups is 2. The molecule has 0 saturated heterocycles. The molecule has 2 aromatic rings. The fraction of sp³-hybridized carbons (Fsp3) is 0.444. The first-order valence-corrected chi connectivity index (χ1v) is 9.72. The lowest BCUT2D eigenvalue weighted by atomic mass is 10.2. The third-order valence-electron chi connectivity index (χ3n) is 4.12. The van der Waals surface area contributed by atoms with E-state index < -0.39 is 0 Å². The summed E-state index contributed by atoms with van der Waals surface area (Å²) in [5.41, 5.74) is 0.835. The van der Waals surface area contributed by atoms with Crippen molar-refractivity contribution < 1.29 is 23.8 Å². The molecule has 1 N–H and O–H groups in total. The molecule has 1 aliphatic heterocycles.